The lowest BCUT2D eigenvalue weighted by Crippen LogP contribution is -2.48. The summed E-state index contributed by atoms with van der Waals surface area (Å²) in [5.41, 5.74) is 3.72. The number of rotatable bonds is 6. The van der Waals surface area contributed by atoms with Crippen molar-refractivity contribution in [2.45, 2.75) is 31.4 Å². The van der Waals surface area contributed by atoms with E-state index in [-0.39, 0.29) is 12.1 Å². The fourth-order valence-electron chi connectivity index (χ4n) is 4.14. The predicted molar refractivity (Wildman–Crippen MR) is 119 cm³/mol. The zero-order valence-electron chi connectivity index (χ0n) is 17.2. The summed E-state index contributed by atoms with van der Waals surface area (Å²) in [6.45, 7) is 6.56. The van der Waals surface area contributed by atoms with Crippen LogP contribution in [0.25, 0.3) is 11.1 Å². The van der Waals surface area contributed by atoms with Crippen molar-refractivity contribution in [2.75, 3.05) is 6.54 Å². The van der Waals surface area contributed by atoms with Gasteiger partial charge in [-0.1, -0.05) is 60.7 Å². The molecule has 1 unspecified atom stereocenters. The first-order valence-corrected chi connectivity index (χ1v) is 10.3. The average Bonchev–Trinajstić information content (AvgIpc) is 2.80. The van der Waals surface area contributed by atoms with E-state index in [9.17, 15) is 4.79 Å². The number of amides is 1. The van der Waals surface area contributed by atoms with Gasteiger partial charge in [0.2, 0.25) is 0 Å². The molecule has 0 saturated carbocycles. The van der Waals surface area contributed by atoms with E-state index in [1.807, 2.05) is 60.4 Å². The second-order valence-corrected chi connectivity index (χ2v) is 7.70. The van der Waals surface area contributed by atoms with E-state index in [1.54, 1.807) is 12.4 Å². The normalized spacial score (nSPS) is 19.8. The van der Waals surface area contributed by atoms with Gasteiger partial charge in [0, 0.05) is 31.8 Å². The zero-order valence-corrected chi connectivity index (χ0v) is 17.2. The number of carbonyl (C=O) groups is 1. The first-order valence-electron chi connectivity index (χ1n) is 10.3. The molecule has 4 rings (SSSR count). The van der Waals surface area contributed by atoms with E-state index in [0.29, 0.717) is 13.0 Å². The molecule has 4 heteroatoms. The van der Waals surface area contributed by atoms with Gasteiger partial charge in [-0.15, -0.1) is 6.58 Å². The zero-order chi connectivity index (χ0) is 21.0. The van der Waals surface area contributed by atoms with Crippen LogP contribution in [0.1, 0.15) is 36.9 Å². The number of benzene rings is 2. The molecule has 4 nitrogen and oxygen atoms in total. The molecule has 2 heterocycles. The Balaban J connectivity index is 1.52. The van der Waals surface area contributed by atoms with Gasteiger partial charge in [0.25, 0.3) is 0 Å². The fourth-order valence-corrected chi connectivity index (χ4v) is 4.14. The Morgan fingerprint density at radius 1 is 1.07 bits per heavy atom. The van der Waals surface area contributed by atoms with Crippen LogP contribution < -0.4 is 0 Å². The molecule has 1 fully saturated rings. The summed E-state index contributed by atoms with van der Waals surface area (Å²) < 4.78 is 6.06. The number of aromatic nitrogens is 1. The van der Waals surface area contributed by atoms with Crippen LogP contribution in [0.4, 0.5) is 4.79 Å². The molecular weight excluding hydrogens is 372 g/mol. The number of cyclic esters (lactones) is 1. The summed E-state index contributed by atoms with van der Waals surface area (Å²) >= 11 is 0. The van der Waals surface area contributed by atoms with E-state index >= 15 is 0 Å². The Hall–Kier alpha value is -3.40. The Labute approximate surface area is 177 Å². The molecular formula is C26H26N2O2. The molecule has 3 aromatic rings. The Morgan fingerprint density at radius 3 is 2.37 bits per heavy atom. The van der Waals surface area contributed by atoms with E-state index in [1.165, 1.54) is 0 Å². The van der Waals surface area contributed by atoms with Gasteiger partial charge in [0.05, 0.1) is 6.04 Å². The number of pyridine rings is 1. The molecule has 152 valence electrons. The molecule has 0 radical (unpaired) electrons. The average molecular weight is 399 g/mol. The summed E-state index contributed by atoms with van der Waals surface area (Å²) in [6.07, 6.45) is 6.46. The highest BCUT2D eigenvalue weighted by Crippen LogP contribution is 2.39. The lowest BCUT2D eigenvalue weighted by atomic mass is 9.85. The molecule has 1 saturated heterocycles. The molecule has 1 aromatic heterocycles. The lowest BCUT2D eigenvalue weighted by molar-refractivity contribution is -0.0588. The molecule has 0 aliphatic carbocycles. The van der Waals surface area contributed by atoms with Crippen molar-refractivity contribution >= 4 is 6.09 Å². The largest absolute Gasteiger partial charge is 0.437 e. The summed E-state index contributed by atoms with van der Waals surface area (Å²) in [7, 11) is 0. The van der Waals surface area contributed by atoms with Crippen molar-refractivity contribution in [1.29, 1.82) is 0 Å². The van der Waals surface area contributed by atoms with Crippen LogP contribution in [0, 0.1) is 0 Å². The van der Waals surface area contributed by atoms with Crippen molar-refractivity contribution in [3.8, 4) is 11.1 Å². The minimum atomic E-state index is -0.637. The van der Waals surface area contributed by atoms with Crippen LogP contribution in [0.3, 0.4) is 0 Å². The number of hydrogen-bond donors (Lipinski definition) is 0. The molecule has 2 aromatic carbocycles. The van der Waals surface area contributed by atoms with Gasteiger partial charge in [0.1, 0.15) is 5.60 Å². The smallest absolute Gasteiger partial charge is 0.411 e. The first kappa shape index (κ1) is 19.9. The van der Waals surface area contributed by atoms with Gasteiger partial charge in [-0.2, -0.15) is 0 Å². The second-order valence-electron chi connectivity index (χ2n) is 7.70. The number of hydrogen-bond acceptors (Lipinski definition) is 3. The van der Waals surface area contributed by atoms with Crippen LogP contribution >= 0.6 is 0 Å². The summed E-state index contributed by atoms with van der Waals surface area (Å²) in [5.74, 6) is 0. The summed E-state index contributed by atoms with van der Waals surface area (Å²) in [5, 5.41) is 0. The van der Waals surface area contributed by atoms with Gasteiger partial charge in [-0.25, -0.2) is 4.79 Å². The molecule has 0 bridgehead atoms. The minimum Gasteiger partial charge on any atom is -0.437 e. The minimum absolute atomic E-state index is 0.0681. The monoisotopic (exact) mass is 398 g/mol. The molecule has 0 N–H and O–H groups in total. The molecule has 0 spiro atoms. The van der Waals surface area contributed by atoms with Crippen molar-refractivity contribution in [3.05, 3.63) is 103 Å². The maximum atomic E-state index is 13.0. The Kier molecular flexibility index (Phi) is 5.66. The van der Waals surface area contributed by atoms with Crippen LogP contribution in [-0.4, -0.2) is 22.5 Å². The third-order valence-corrected chi connectivity index (χ3v) is 5.92. The topological polar surface area (TPSA) is 42.4 Å². The van der Waals surface area contributed by atoms with Crippen molar-refractivity contribution in [1.82, 2.24) is 9.88 Å². The fraction of sp³-hybridized carbons (Fsp3) is 0.231. The molecule has 1 amide bonds. The second kappa shape index (κ2) is 8.54. The predicted octanol–water partition coefficient (Wildman–Crippen LogP) is 6.12. The molecule has 1 aliphatic rings. The van der Waals surface area contributed by atoms with Gasteiger partial charge in [-0.3, -0.25) is 4.98 Å². The Morgan fingerprint density at radius 2 is 1.73 bits per heavy atom. The van der Waals surface area contributed by atoms with Gasteiger partial charge >= 0.3 is 6.09 Å². The van der Waals surface area contributed by atoms with Crippen molar-refractivity contribution < 1.29 is 9.53 Å². The maximum Gasteiger partial charge on any atom is 0.411 e. The van der Waals surface area contributed by atoms with Crippen molar-refractivity contribution in [2.24, 2.45) is 0 Å². The highest BCUT2D eigenvalue weighted by molar-refractivity contribution is 5.70. The third-order valence-electron chi connectivity index (χ3n) is 5.92. The molecule has 2 atom stereocenters. The van der Waals surface area contributed by atoms with E-state index in [2.05, 4.69) is 35.8 Å². The maximum absolute atomic E-state index is 13.0. The molecule has 1 aliphatic heterocycles. The van der Waals surface area contributed by atoms with E-state index in [4.69, 9.17) is 4.74 Å². The quantitative estimate of drug-likeness (QED) is 0.470. The first-order chi connectivity index (χ1) is 14.6. The number of carbonyl (C=O) groups excluding carboxylic acids is 1. The number of nitrogens with zero attached hydrogens (tertiary/aromatic N) is 2. The number of ether oxygens (including phenoxy) is 1. The Bertz CT molecular complexity index is 1000. The standard InChI is InChI=1S/C26H26N2O2/c1-3-15-26(24-7-5-4-6-8-24)16-19-28(25(29)30-26)20(2)21-9-11-22(12-10-21)23-13-17-27-18-14-23/h3-14,17-18,20H,1,15-16,19H2,2H3/t20-,26?/m0/s1. The van der Waals surface area contributed by atoms with Crippen LogP contribution in [-0.2, 0) is 10.3 Å². The summed E-state index contributed by atoms with van der Waals surface area (Å²) in [4.78, 5) is 18.9. The van der Waals surface area contributed by atoms with Gasteiger partial charge < -0.3 is 9.64 Å². The summed E-state index contributed by atoms with van der Waals surface area (Å²) in [6, 6.07) is 22.2. The molecule has 30 heavy (non-hydrogen) atoms. The van der Waals surface area contributed by atoms with Crippen LogP contribution in [0.2, 0.25) is 0 Å². The van der Waals surface area contributed by atoms with Crippen molar-refractivity contribution in [3.63, 3.8) is 0 Å². The van der Waals surface area contributed by atoms with Gasteiger partial charge in [-0.05, 0) is 41.3 Å². The lowest BCUT2D eigenvalue weighted by Gasteiger charge is -2.43. The highest BCUT2D eigenvalue weighted by atomic mass is 16.6. The SMILES string of the molecule is C=CCC1(c2ccccc2)CCN([C@@H](C)c2ccc(-c3ccncc3)cc2)C(=O)O1. The van der Waals surface area contributed by atoms with Crippen LogP contribution in [0.5, 0.6) is 0 Å². The van der Waals surface area contributed by atoms with E-state index in [0.717, 1.165) is 28.7 Å². The van der Waals surface area contributed by atoms with Crippen LogP contribution in [0.15, 0.2) is 91.8 Å². The van der Waals surface area contributed by atoms with Gasteiger partial charge in [0.15, 0.2) is 0 Å². The van der Waals surface area contributed by atoms with E-state index < -0.39 is 5.60 Å². The highest BCUT2D eigenvalue weighted by Gasteiger charge is 2.42. The third kappa shape index (κ3) is 3.86.